The number of rotatable bonds is 4. The van der Waals surface area contributed by atoms with Gasteiger partial charge in [0, 0.05) is 23.5 Å². The Morgan fingerprint density at radius 1 is 0.702 bits per heavy atom. The van der Waals surface area contributed by atoms with E-state index in [9.17, 15) is 52.7 Å². The van der Waals surface area contributed by atoms with E-state index < -0.39 is 86.5 Å². The number of pyridine rings is 2. The molecule has 0 aliphatic carbocycles. The number of aromatic amines is 1. The highest BCUT2D eigenvalue weighted by Gasteiger charge is 2.37. The quantitative estimate of drug-likeness (QED) is 0.109. The van der Waals surface area contributed by atoms with Crippen LogP contribution < -0.4 is 16.4 Å². The highest BCUT2D eigenvalue weighted by Crippen LogP contribution is 2.37. The van der Waals surface area contributed by atoms with Gasteiger partial charge in [0.25, 0.3) is 0 Å². The van der Waals surface area contributed by atoms with Crippen LogP contribution in [0.3, 0.4) is 0 Å². The molecule has 21 heteroatoms. The van der Waals surface area contributed by atoms with Gasteiger partial charge >= 0.3 is 12.4 Å². The van der Waals surface area contributed by atoms with Crippen molar-refractivity contribution < 1.29 is 52.7 Å². The smallest absolute Gasteiger partial charge is 0.384 e. The second-order valence-corrected chi connectivity index (χ2v) is 9.34. The van der Waals surface area contributed by atoms with Gasteiger partial charge in [-0.2, -0.15) is 36.7 Å². The summed E-state index contributed by atoms with van der Waals surface area (Å²) < 4.78 is 157. The zero-order valence-corrected chi connectivity index (χ0v) is 23.0. The number of hydrogen-bond acceptors (Lipinski definition) is 7. The van der Waals surface area contributed by atoms with E-state index in [0.29, 0.717) is 24.3 Å². The van der Waals surface area contributed by atoms with Gasteiger partial charge in [-0.3, -0.25) is 5.10 Å². The lowest BCUT2D eigenvalue weighted by Crippen LogP contribution is -2.11. The summed E-state index contributed by atoms with van der Waals surface area (Å²) in [6.45, 7) is 0. The molecule has 0 saturated heterocycles. The van der Waals surface area contributed by atoms with Crippen molar-refractivity contribution in [1.82, 2.24) is 20.2 Å². The molecule has 8 nitrogen and oxygen atoms in total. The van der Waals surface area contributed by atoms with Gasteiger partial charge in [-0.1, -0.05) is 11.6 Å². The second-order valence-electron chi connectivity index (χ2n) is 8.98. The van der Waals surface area contributed by atoms with Crippen molar-refractivity contribution >= 4 is 51.5 Å². The third-order valence-corrected chi connectivity index (χ3v) is 6.06. The van der Waals surface area contributed by atoms with Crippen LogP contribution in [0.15, 0.2) is 36.4 Å². The molecule has 0 amide bonds. The summed E-state index contributed by atoms with van der Waals surface area (Å²) in [6.07, 6.45) is -10.3. The summed E-state index contributed by atoms with van der Waals surface area (Å²) in [6, 6.07) is 4.62. The highest BCUT2D eigenvalue weighted by atomic mass is 35.5. The summed E-state index contributed by atoms with van der Waals surface area (Å²) in [7, 11) is 0. The Kier molecular flexibility index (Phi) is 9.33. The van der Waals surface area contributed by atoms with Gasteiger partial charge < -0.3 is 16.4 Å². The fourth-order valence-corrected chi connectivity index (χ4v) is 3.85. The zero-order chi connectivity index (χ0) is 35.0. The average Bonchev–Trinajstić information content (AvgIpc) is 3.32. The Morgan fingerprint density at radius 3 is 1.64 bits per heavy atom. The minimum atomic E-state index is -5.14. The summed E-state index contributed by atoms with van der Waals surface area (Å²) in [5.41, 5.74) is 0.380. The number of alkyl halides is 6. The first kappa shape index (κ1) is 34.4. The topological polar surface area (TPSA) is 128 Å². The number of anilines is 5. The average molecular weight is 699 g/mol. The van der Waals surface area contributed by atoms with Crippen molar-refractivity contribution in [3.05, 3.63) is 93.1 Å². The van der Waals surface area contributed by atoms with E-state index in [1.165, 1.54) is 0 Å². The van der Waals surface area contributed by atoms with E-state index >= 15 is 0 Å². The zero-order valence-electron chi connectivity index (χ0n) is 22.2. The molecule has 0 aliphatic heterocycles. The summed E-state index contributed by atoms with van der Waals surface area (Å²) in [5.74, 6) is -10.8. The monoisotopic (exact) mass is 698 g/mol. The molecule has 0 bridgehead atoms. The van der Waals surface area contributed by atoms with Crippen LogP contribution in [-0.2, 0) is 12.4 Å². The molecular weight excluding hydrogens is 688 g/mol. The number of aromatic nitrogens is 4. The number of nitriles is 1. The Morgan fingerprint density at radius 2 is 1.17 bits per heavy atom. The Bertz CT molecular complexity index is 2040. The molecule has 3 aromatic heterocycles. The minimum absolute atomic E-state index is 0.00460. The number of fused-ring (bicyclic) bond motifs is 1. The number of H-pyrrole nitrogens is 1. The van der Waals surface area contributed by atoms with Gasteiger partial charge in [0.1, 0.15) is 17.0 Å². The van der Waals surface area contributed by atoms with Gasteiger partial charge in [-0.25, -0.2) is 36.3 Å². The summed E-state index contributed by atoms with van der Waals surface area (Å²) in [5, 5.41) is 18.6. The molecule has 5 rings (SSSR count). The van der Waals surface area contributed by atoms with Crippen LogP contribution in [0.2, 0.25) is 5.15 Å². The molecule has 0 saturated carbocycles. The van der Waals surface area contributed by atoms with Crippen molar-refractivity contribution in [1.29, 1.82) is 5.26 Å². The van der Waals surface area contributed by atoms with Gasteiger partial charge in [0.05, 0.1) is 22.1 Å². The SMILES string of the molecule is N#Cc1cc(F)c(Nc2cc(F)c(F)c(C(F)(F)F)c2)nc1Cl.Nc1[nH]nc2nc(Nc3cc(F)c(F)c(C(F)(F)F)c3)c(F)cc12. The number of nitrogens with two attached hydrogens (primary N) is 1. The number of benzene rings is 2. The number of nitrogen functional groups attached to an aromatic ring is 1. The number of halogens is 13. The molecular formula is C26H11ClF12N8. The molecule has 2 aromatic carbocycles. The van der Waals surface area contributed by atoms with E-state index in [4.69, 9.17) is 22.6 Å². The van der Waals surface area contributed by atoms with Crippen LogP contribution in [0.25, 0.3) is 11.0 Å². The van der Waals surface area contributed by atoms with Crippen molar-refractivity contribution in [2.45, 2.75) is 12.4 Å². The molecule has 0 atom stereocenters. The number of nitrogens with one attached hydrogen (secondary N) is 3. The van der Waals surface area contributed by atoms with E-state index in [1.807, 2.05) is 0 Å². The molecule has 0 aliphatic rings. The van der Waals surface area contributed by atoms with Gasteiger partial charge in [-0.05, 0) is 24.3 Å². The van der Waals surface area contributed by atoms with E-state index in [0.717, 1.165) is 6.07 Å². The van der Waals surface area contributed by atoms with Crippen molar-refractivity contribution in [3.8, 4) is 6.07 Å². The molecule has 47 heavy (non-hydrogen) atoms. The van der Waals surface area contributed by atoms with Crippen LogP contribution in [0.1, 0.15) is 16.7 Å². The van der Waals surface area contributed by atoms with Crippen LogP contribution in [-0.4, -0.2) is 20.2 Å². The third-order valence-electron chi connectivity index (χ3n) is 5.77. The Hall–Kier alpha value is -5.45. The van der Waals surface area contributed by atoms with Crippen LogP contribution in [0.5, 0.6) is 0 Å². The lowest BCUT2D eigenvalue weighted by atomic mass is 10.1. The van der Waals surface area contributed by atoms with Gasteiger partial charge in [0.15, 0.2) is 52.2 Å². The summed E-state index contributed by atoms with van der Waals surface area (Å²) >= 11 is 5.57. The molecule has 246 valence electrons. The molecule has 5 aromatic rings. The largest absolute Gasteiger partial charge is 0.419 e. The number of hydrogen-bond donors (Lipinski definition) is 4. The van der Waals surface area contributed by atoms with E-state index in [1.54, 1.807) is 6.07 Å². The number of nitrogens with zero attached hydrogens (tertiary/aromatic N) is 4. The molecule has 0 fully saturated rings. The predicted octanol–water partition coefficient (Wildman–Crippen LogP) is 8.51. The van der Waals surface area contributed by atoms with Gasteiger partial charge in [0.2, 0.25) is 0 Å². The summed E-state index contributed by atoms with van der Waals surface area (Å²) in [4.78, 5) is 7.17. The van der Waals surface area contributed by atoms with Crippen molar-refractivity contribution in [2.75, 3.05) is 16.4 Å². The molecule has 3 heterocycles. The normalized spacial score (nSPS) is 11.6. The van der Waals surface area contributed by atoms with E-state index in [-0.39, 0.29) is 28.5 Å². The molecule has 0 radical (unpaired) electrons. The standard InChI is InChI=1S/C13H4ClF6N3.C13H7F6N5/c14-11-5(4-21)1-9(16)12(23-11)22-6-2-7(13(18,19)20)10(17)8(15)3-6;14-7-2-4(1-6(9(7)16)13(17,18)19)21-12-8(15)3-5-10(20)23-24-11(5)22-12/h1-3H,(H,22,23);1-3H,(H4,20,21,22,23,24). The fourth-order valence-electron chi connectivity index (χ4n) is 3.66. The lowest BCUT2D eigenvalue weighted by molar-refractivity contribution is -0.141. The van der Waals surface area contributed by atoms with Crippen molar-refractivity contribution in [3.63, 3.8) is 0 Å². The van der Waals surface area contributed by atoms with E-state index in [2.05, 4.69) is 30.8 Å². The maximum absolute atomic E-state index is 14.0. The second kappa shape index (κ2) is 12.7. The van der Waals surface area contributed by atoms with Crippen LogP contribution in [0, 0.1) is 46.2 Å². The van der Waals surface area contributed by atoms with Crippen LogP contribution in [0.4, 0.5) is 81.5 Å². The first-order chi connectivity index (χ1) is 21.8. The molecule has 0 spiro atoms. The lowest BCUT2D eigenvalue weighted by Gasteiger charge is -2.13. The van der Waals surface area contributed by atoms with Gasteiger partial charge in [-0.15, -0.1) is 0 Å². The first-order valence-corrected chi connectivity index (χ1v) is 12.4. The molecule has 0 unspecified atom stereocenters. The minimum Gasteiger partial charge on any atom is -0.384 e. The van der Waals surface area contributed by atoms with Crippen LogP contribution >= 0.6 is 11.6 Å². The maximum atomic E-state index is 14.0. The fraction of sp³-hybridized carbons (Fsp3) is 0.0769. The third kappa shape index (κ3) is 7.51. The Balaban J connectivity index is 0.000000213. The Labute approximate surface area is 257 Å². The van der Waals surface area contributed by atoms with Crippen molar-refractivity contribution in [2.24, 2.45) is 0 Å². The highest BCUT2D eigenvalue weighted by molar-refractivity contribution is 6.30. The first-order valence-electron chi connectivity index (χ1n) is 12.0. The predicted molar refractivity (Wildman–Crippen MR) is 141 cm³/mol. The molecule has 5 N–H and O–H groups in total. The maximum Gasteiger partial charge on any atom is 0.419 e.